The Labute approximate surface area is 160 Å². The fourth-order valence-electron chi connectivity index (χ4n) is 2.49. The van der Waals surface area contributed by atoms with E-state index in [9.17, 15) is 18.4 Å². The summed E-state index contributed by atoms with van der Waals surface area (Å²) in [6, 6.07) is 10.9. The maximum Gasteiger partial charge on any atom is 0.278 e. The molecule has 0 unspecified atom stereocenters. The molecular weight excluding hydrogens is 422 g/mol. The van der Waals surface area contributed by atoms with Crippen LogP contribution in [0.2, 0.25) is 0 Å². The van der Waals surface area contributed by atoms with Gasteiger partial charge in [0.2, 0.25) is 0 Å². The molecule has 0 N–H and O–H groups in total. The van der Waals surface area contributed by atoms with Crippen molar-refractivity contribution in [3.8, 4) is 0 Å². The quantitative estimate of drug-likeness (QED) is 0.296. The molecule has 2 aromatic carbocycles. The Kier molecular flexibility index (Phi) is 5.51. The molecule has 7 heteroatoms. The summed E-state index contributed by atoms with van der Waals surface area (Å²) in [5.41, 5.74) is 2.03. The summed E-state index contributed by atoms with van der Waals surface area (Å²) in [5, 5.41) is 1.48. The minimum absolute atomic E-state index is 0.0338. The van der Waals surface area contributed by atoms with Crippen molar-refractivity contribution in [2.24, 2.45) is 0 Å². The summed E-state index contributed by atoms with van der Waals surface area (Å²) >= 11 is 3.07. The SMILES string of the molecule is CC(=O)c1ccc2oc(F)cc2c1.O=C(CBr)c1ccc2oc(F)cc2c1. The third-order valence-electron chi connectivity index (χ3n) is 3.82. The van der Waals surface area contributed by atoms with Crippen molar-refractivity contribution < 1.29 is 27.2 Å². The van der Waals surface area contributed by atoms with Crippen molar-refractivity contribution in [3.05, 3.63) is 71.7 Å². The van der Waals surface area contributed by atoms with Crippen LogP contribution in [-0.2, 0) is 0 Å². The Bertz CT molecular complexity index is 1140. The van der Waals surface area contributed by atoms with Crippen molar-refractivity contribution in [3.63, 3.8) is 0 Å². The number of fused-ring (bicyclic) bond motifs is 2. The molecule has 0 radical (unpaired) electrons. The number of carbonyl (C=O) groups is 2. The molecule has 138 valence electrons. The van der Waals surface area contributed by atoms with E-state index in [0.717, 1.165) is 0 Å². The van der Waals surface area contributed by atoms with E-state index >= 15 is 0 Å². The molecule has 4 nitrogen and oxygen atoms in total. The van der Waals surface area contributed by atoms with E-state index in [1.165, 1.54) is 19.1 Å². The largest absolute Gasteiger partial charge is 0.431 e. The van der Waals surface area contributed by atoms with Crippen LogP contribution in [0.3, 0.4) is 0 Å². The predicted octanol–water partition coefficient (Wildman–Crippen LogP) is 5.92. The van der Waals surface area contributed by atoms with E-state index in [-0.39, 0.29) is 16.9 Å². The number of carbonyl (C=O) groups excluding carboxylic acids is 2. The Morgan fingerprint density at radius 3 is 1.81 bits per heavy atom. The van der Waals surface area contributed by atoms with Gasteiger partial charge in [-0.1, -0.05) is 15.9 Å². The molecule has 2 heterocycles. The molecular formula is C20H13BrF2O4. The number of hydrogen-bond acceptors (Lipinski definition) is 4. The van der Waals surface area contributed by atoms with Gasteiger partial charge >= 0.3 is 0 Å². The molecule has 27 heavy (non-hydrogen) atoms. The molecule has 0 aliphatic heterocycles. The van der Waals surface area contributed by atoms with Gasteiger partial charge in [0.05, 0.1) is 5.33 Å². The van der Waals surface area contributed by atoms with Crippen molar-refractivity contribution in [2.45, 2.75) is 6.92 Å². The Morgan fingerprint density at radius 2 is 1.33 bits per heavy atom. The van der Waals surface area contributed by atoms with Crippen LogP contribution in [0.4, 0.5) is 8.78 Å². The first-order valence-electron chi connectivity index (χ1n) is 7.85. The first kappa shape index (κ1) is 19.0. The third-order valence-corrected chi connectivity index (χ3v) is 4.33. The molecule has 0 saturated carbocycles. The maximum atomic E-state index is 12.7. The lowest BCUT2D eigenvalue weighted by Gasteiger charge is -1.95. The summed E-state index contributed by atoms with van der Waals surface area (Å²) in [6.07, 6.45) is 0. The van der Waals surface area contributed by atoms with Gasteiger partial charge in [0.15, 0.2) is 11.6 Å². The van der Waals surface area contributed by atoms with Crippen LogP contribution < -0.4 is 0 Å². The highest BCUT2D eigenvalue weighted by molar-refractivity contribution is 9.09. The molecule has 4 rings (SSSR count). The van der Waals surface area contributed by atoms with Gasteiger partial charge in [-0.05, 0) is 43.3 Å². The van der Waals surface area contributed by atoms with Crippen LogP contribution in [0, 0.1) is 12.0 Å². The van der Waals surface area contributed by atoms with Crippen LogP contribution in [0.1, 0.15) is 27.6 Å². The smallest absolute Gasteiger partial charge is 0.278 e. The summed E-state index contributed by atoms with van der Waals surface area (Å²) in [7, 11) is 0. The highest BCUT2D eigenvalue weighted by Gasteiger charge is 2.08. The molecule has 0 saturated heterocycles. The monoisotopic (exact) mass is 434 g/mol. The average molecular weight is 435 g/mol. The number of furan rings is 2. The van der Waals surface area contributed by atoms with Gasteiger partial charge in [0.25, 0.3) is 12.0 Å². The predicted molar refractivity (Wildman–Crippen MR) is 100 cm³/mol. The molecule has 0 spiro atoms. The Hall–Kier alpha value is -2.80. The zero-order valence-electron chi connectivity index (χ0n) is 14.1. The number of rotatable bonds is 3. The zero-order valence-corrected chi connectivity index (χ0v) is 15.7. The highest BCUT2D eigenvalue weighted by atomic mass is 79.9. The van der Waals surface area contributed by atoms with Crippen LogP contribution in [-0.4, -0.2) is 16.9 Å². The standard InChI is InChI=1S/C10H6BrFO2.C10H7FO2/c11-5-8(13)6-1-2-9-7(3-6)4-10(12)14-9;1-6(12)7-2-3-9-8(4-7)5-10(11)13-9/h1-4H,5H2;2-5H,1H3. The van der Waals surface area contributed by atoms with Crippen LogP contribution in [0.15, 0.2) is 57.4 Å². The van der Waals surface area contributed by atoms with Crippen LogP contribution in [0.25, 0.3) is 21.9 Å². The van der Waals surface area contributed by atoms with Crippen LogP contribution in [0.5, 0.6) is 0 Å². The number of alkyl halides is 1. The lowest BCUT2D eigenvalue weighted by atomic mass is 10.1. The average Bonchev–Trinajstić information content (AvgIpc) is 3.20. The minimum atomic E-state index is -0.636. The third kappa shape index (κ3) is 4.31. The molecule has 0 bridgehead atoms. The van der Waals surface area contributed by atoms with E-state index in [1.807, 2.05) is 0 Å². The van der Waals surface area contributed by atoms with Gasteiger partial charge in [-0.2, -0.15) is 8.78 Å². The van der Waals surface area contributed by atoms with Crippen molar-refractivity contribution in [2.75, 3.05) is 5.33 Å². The zero-order chi connectivity index (χ0) is 19.6. The fraction of sp³-hybridized carbons (Fsp3) is 0.100. The molecule has 0 aliphatic rings. The summed E-state index contributed by atoms with van der Waals surface area (Å²) in [5.74, 6) is -0.0722. The Balaban J connectivity index is 0.000000156. The van der Waals surface area contributed by atoms with Crippen molar-refractivity contribution in [1.82, 2.24) is 0 Å². The van der Waals surface area contributed by atoms with Crippen LogP contribution >= 0.6 is 15.9 Å². The molecule has 4 aromatic rings. The van der Waals surface area contributed by atoms with Crippen molar-refractivity contribution >= 4 is 49.4 Å². The number of benzene rings is 2. The lowest BCUT2D eigenvalue weighted by molar-refractivity contribution is 0.101. The van der Waals surface area contributed by atoms with E-state index in [2.05, 4.69) is 15.9 Å². The van der Waals surface area contributed by atoms with Gasteiger partial charge in [0, 0.05) is 34.0 Å². The van der Waals surface area contributed by atoms with Gasteiger partial charge in [0.1, 0.15) is 11.2 Å². The maximum absolute atomic E-state index is 12.7. The van der Waals surface area contributed by atoms with E-state index in [4.69, 9.17) is 8.83 Å². The van der Waals surface area contributed by atoms with Gasteiger partial charge in [-0.25, -0.2) is 0 Å². The van der Waals surface area contributed by atoms with E-state index in [1.54, 1.807) is 36.4 Å². The summed E-state index contributed by atoms with van der Waals surface area (Å²) < 4.78 is 34.7. The van der Waals surface area contributed by atoms with Crippen molar-refractivity contribution in [1.29, 1.82) is 0 Å². The molecule has 0 fully saturated rings. The number of ketones is 2. The molecule has 0 atom stereocenters. The molecule has 0 amide bonds. The normalized spacial score (nSPS) is 10.7. The van der Waals surface area contributed by atoms with E-state index < -0.39 is 12.0 Å². The first-order valence-corrected chi connectivity index (χ1v) is 8.98. The van der Waals surface area contributed by atoms with Gasteiger partial charge in [-0.15, -0.1) is 0 Å². The highest BCUT2D eigenvalue weighted by Crippen LogP contribution is 2.21. The minimum Gasteiger partial charge on any atom is -0.431 e. The summed E-state index contributed by atoms with van der Waals surface area (Å²) in [4.78, 5) is 22.3. The first-order chi connectivity index (χ1) is 12.9. The topological polar surface area (TPSA) is 60.4 Å². The van der Waals surface area contributed by atoms with Gasteiger partial charge in [-0.3, -0.25) is 9.59 Å². The number of Topliss-reactive ketones (excluding diaryl/α,β-unsaturated/α-hetero) is 2. The second-order valence-electron chi connectivity index (χ2n) is 5.72. The lowest BCUT2D eigenvalue weighted by Crippen LogP contribution is -1.98. The second kappa shape index (κ2) is 7.84. The van der Waals surface area contributed by atoms with Gasteiger partial charge < -0.3 is 8.83 Å². The van der Waals surface area contributed by atoms with E-state index in [0.29, 0.717) is 33.1 Å². The second-order valence-corrected chi connectivity index (χ2v) is 6.28. The number of hydrogen-bond donors (Lipinski definition) is 0. The molecule has 2 aromatic heterocycles. The fourth-order valence-corrected chi connectivity index (χ4v) is 2.82. The Morgan fingerprint density at radius 1 is 0.852 bits per heavy atom. The number of halogens is 3. The molecule has 0 aliphatic carbocycles. The summed E-state index contributed by atoms with van der Waals surface area (Å²) in [6.45, 7) is 1.47.